The van der Waals surface area contributed by atoms with Crippen molar-refractivity contribution in [2.24, 2.45) is 0 Å². The van der Waals surface area contributed by atoms with E-state index in [1.165, 1.54) is 23.1 Å². The number of alkyl halides is 2. The van der Waals surface area contributed by atoms with Crippen molar-refractivity contribution in [1.82, 2.24) is 0 Å². The molecule has 0 aliphatic carbocycles. The number of ether oxygens (including phenoxy) is 1. The first-order valence-electron chi connectivity index (χ1n) is 5.05. The van der Waals surface area contributed by atoms with Crippen LogP contribution in [0.1, 0.15) is 12.0 Å². The minimum atomic E-state index is -2.58. The molecule has 0 unspecified atom stereocenters. The van der Waals surface area contributed by atoms with Crippen LogP contribution in [0, 0.1) is 0 Å². The molecule has 0 spiro atoms. The minimum absolute atomic E-state index is 0.0464. The van der Waals surface area contributed by atoms with Gasteiger partial charge in [0, 0.05) is 12.1 Å². The number of rotatable bonds is 2. The van der Waals surface area contributed by atoms with E-state index in [4.69, 9.17) is 16.3 Å². The first-order chi connectivity index (χ1) is 8.09. The van der Waals surface area contributed by atoms with Crippen LogP contribution in [-0.2, 0) is 9.53 Å². The monoisotopic (exact) mass is 261 g/mol. The number of nitrogens with zero attached hydrogens (tertiary/aromatic N) is 1. The second-order valence-electron chi connectivity index (χ2n) is 3.61. The van der Waals surface area contributed by atoms with E-state index >= 15 is 0 Å². The SMILES string of the molecule is O=C1COCCN1c1cc(C(F)F)ccc1Cl. The first kappa shape index (κ1) is 12.3. The Morgan fingerprint density at radius 2 is 2.18 bits per heavy atom. The number of amides is 1. The predicted octanol–water partition coefficient (Wildman–Crippen LogP) is 2.64. The Hall–Kier alpha value is -1.20. The van der Waals surface area contributed by atoms with Gasteiger partial charge in [-0.25, -0.2) is 8.78 Å². The highest BCUT2D eigenvalue weighted by Gasteiger charge is 2.23. The fraction of sp³-hybridized carbons (Fsp3) is 0.364. The highest BCUT2D eigenvalue weighted by molar-refractivity contribution is 6.33. The van der Waals surface area contributed by atoms with Crippen molar-refractivity contribution in [2.45, 2.75) is 6.43 Å². The molecule has 0 aromatic heterocycles. The third-order valence-electron chi connectivity index (χ3n) is 2.50. The van der Waals surface area contributed by atoms with Crippen LogP contribution in [0.15, 0.2) is 18.2 Å². The molecule has 0 radical (unpaired) electrons. The van der Waals surface area contributed by atoms with E-state index in [9.17, 15) is 13.6 Å². The summed E-state index contributed by atoms with van der Waals surface area (Å²) in [6.45, 7) is 0.654. The average Bonchev–Trinajstić information content (AvgIpc) is 2.30. The van der Waals surface area contributed by atoms with Gasteiger partial charge in [0.2, 0.25) is 0 Å². The Labute approximate surface area is 102 Å². The van der Waals surface area contributed by atoms with Gasteiger partial charge in [-0.05, 0) is 12.1 Å². The van der Waals surface area contributed by atoms with Crippen molar-refractivity contribution in [3.05, 3.63) is 28.8 Å². The van der Waals surface area contributed by atoms with Crippen LogP contribution in [0.3, 0.4) is 0 Å². The Kier molecular flexibility index (Phi) is 3.59. The van der Waals surface area contributed by atoms with Crippen molar-refractivity contribution in [3.8, 4) is 0 Å². The lowest BCUT2D eigenvalue weighted by Gasteiger charge is -2.27. The molecular weight excluding hydrogens is 252 g/mol. The van der Waals surface area contributed by atoms with Crippen LogP contribution in [0.4, 0.5) is 14.5 Å². The second kappa shape index (κ2) is 4.98. The molecule has 6 heteroatoms. The van der Waals surface area contributed by atoms with Gasteiger partial charge in [-0.1, -0.05) is 17.7 Å². The van der Waals surface area contributed by atoms with Crippen molar-refractivity contribution < 1.29 is 18.3 Å². The summed E-state index contributed by atoms with van der Waals surface area (Å²) in [5.74, 6) is -0.274. The Bertz CT molecular complexity index is 439. The largest absolute Gasteiger partial charge is 0.370 e. The number of carbonyl (C=O) groups is 1. The molecule has 2 rings (SSSR count). The molecule has 1 aromatic carbocycles. The molecule has 0 saturated carbocycles. The lowest BCUT2D eigenvalue weighted by atomic mass is 10.2. The van der Waals surface area contributed by atoms with Gasteiger partial charge in [-0.3, -0.25) is 4.79 Å². The molecule has 1 aliphatic rings. The van der Waals surface area contributed by atoms with E-state index in [1.54, 1.807) is 0 Å². The third-order valence-corrected chi connectivity index (χ3v) is 2.82. The second-order valence-corrected chi connectivity index (χ2v) is 4.02. The smallest absolute Gasteiger partial charge is 0.263 e. The van der Waals surface area contributed by atoms with Crippen LogP contribution >= 0.6 is 11.6 Å². The van der Waals surface area contributed by atoms with E-state index in [0.717, 1.165) is 0 Å². The number of benzene rings is 1. The summed E-state index contributed by atoms with van der Waals surface area (Å²) in [7, 11) is 0. The minimum Gasteiger partial charge on any atom is -0.370 e. The predicted molar refractivity (Wildman–Crippen MR) is 59.6 cm³/mol. The van der Waals surface area contributed by atoms with E-state index in [1.807, 2.05) is 0 Å². The molecule has 1 amide bonds. The summed E-state index contributed by atoms with van der Waals surface area (Å²) in [5, 5.41) is 0.282. The van der Waals surface area contributed by atoms with E-state index in [2.05, 4.69) is 0 Å². The lowest BCUT2D eigenvalue weighted by molar-refractivity contribution is -0.125. The molecule has 92 valence electrons. The average molecular weight is 262 g/mol. The molecule has 0 N–H and O–H groups in total. The number of carbonyl (C=O) groups excluding carboxylic acids is 1. The maximum absolute atomic E-state index is 12.6. The Morgan fingerprint density at radius 1 is 1.41 bits per heavy atom. The van der Waals surface area contributed by atoms with Crippen LogP contribution in [0.2, 0.25) is 5.02 Å². The molecule has 1 heterocycles. The number of anilines is 1. The standard InChI is InChI=1S/C11H10ClF2NO2/c12-8-2-1-7(11(13)14)5-9(8)15-3-4-17-6-10(15)16/h1-2,5,11H,3-4,6H2. The Balaban J connectivity index is 2.35. The molecule has 3 nitrogen and oxygen atoms in total. The highest BCUT2D eigenvalue weighted by atomic mass is 35.5. The summed E-state index contributed by atoms with van der Waals surface area (Å²) < 4.78 is 30.1. The fourth-order valence-corrected chi connectivity index (χ4v) is 1.86. The maximum atomic E-state index is 12.6. The van der Waals surface area contributed by atoms with Crippen LogP contribution in [0.25, 0.3) is 0 Å². The van der Waals surface area contributed by atoms with E-state index < -0.39 is 6.43 Å². The fourth-order valence-electron chi connectivity index (χ4n) is 1.65. The van der Waals surface area contributed by atoms with Crippen LogP contribution in [-0.4, -0.2) is 25.7 Å². The number of morpholine rings is 1. The van der Waals surface area contributed by atoms with Crippen molar-refractivity contribution in [1.29, 1.82) is 0 Å². The summed E-state index contributed by atoms with van der Waals surface area (Å²) >= 11 is 5.92. The van der Waals surface area contributed by atoms with Crippen LogP contribution in [0.5, 0.6) is 0 Å². The van der Waals surface area contributed by atoms with Crippen molar-refractivity contribution in [3.63, 3.8) is 0 Å². The van der Waals surface area contributed by atoms with E-state index in [-0.39, 0.29) is 23.1 Å². The molecule has 1 aromatic rings. The zero-order chi connectivity index (χ0) is 12.4. The van der Waals surface area contributed by atoms with Gasteiger partial charge < -0.3 is 9.64 Å². The molecule has 17 heavy (non-hydrogen) atoms. The molecule has 0 bridgehead atoms. The molecule has 1 saturated heterocycles. The summed E-state index contributed by atoms with van der Waals surface area (Å²) in [6.07, 6.45) is -2.58. The molecule has 1 fully saturated rings. The normalized spacial score (nSPS) is 16.7. The summed E-state index contributed by atoms with van der Waals surface area (Å²) in [6, 6.07) is 3.87. The molecule has 0 atom stereocenters. The zero-order valence-electron chi connectivity index (χ0n) is 8.83. The summed E-state index contributed by atoms with van der Waals surface area (Å²) in [5.41, 5.74) is 0.168. The van der Waals surface area contributed by atoms with Crippen molar-refractivity contribution >= 4 is 23.2 Å². The van der Waals surface area contributed by atoms with Gasteiger partial charge in [-0.15, -0.1) is 0 Å². The zero-order valence-corrected chi connectivity index (χ0v) is 9.58. The molecular formula is C11H10ClF2NO2. The first-order valence-corrected chi connectivity index (χ1v) is 5.43. The molecule has 1 aliphatic heterocycles. The van der Waals surface area contributed by atoms with Gasteiger partial charge in [0.05, 0.1) is 17.3 Å². The Morgan fingerprint density at radius 3 is 2.82 bits per heavy atom. The van der Waals surface area contributed by atoms with Crippen LogP contribution < -0.4 is 4.90 Å². The van der Waals surface area contributed by atoms with Gasteiger partial charge in [0.1, 0.15) is 6.61 Å². The highest BCUT2D eigenvalue weighted by Crippen LogP contribution is 2.31. The van der Waals surface area contributed by atoms with Gasteiger partial charge in [0.15, 0.2) is 0 Å². The third kappa shape index (κ3) is 2.56. The number of halogens is 3. The van der Waals surface area contributed by atoms with Gasteiger partial charge in [-0.2, -0.15) is 0 Å². The van der Waals surface area contributed by atoms with E-state index in [0.29, 0.717) is 18.8 Å². The van der Waals surface area contributed by atoms with Crippen molar-refractivity contribution in [2.75, 3.05) is 24.7 Å². The van der Waals surface area contributed by atoms with Gasteiger partial charge in [0.25, 0.3) is 12.3 Å². The summed E-state index contributed by atoms with van der Waals surface area (Å²) in [4.78, 5) is 13.0. The lowest BCUT2D eigenvalue weighted by Crippen LogP contribution is -2.41. The maximum Gasteiger partial charge on any atom is 0.263 e. The van der Waals surface area contributed by atoms with Gasteiger partial charge >= 0.3 is 0 Å². The quantitative estimate of drug-likeness (QED) is 0.819. The number of hydrogen-bond donors (Lipinski definition) is 0. The topological polar surface area (TPSA) is 29.5 Å². The number of hydrogen-bond acceptors (Lipinski definition) is 2.